The van der Waals surface area contributed by atoms with Gasteiger partial charge < -0.3 is 44.5 Å². The van der Waals surface area contributed by atoms with Crippen molar-refractivity contribution in [2.24, 2.45) is 0 Å². The molecule has 0 amide bonds. The van der Waals surface area contributed by atoms with Crippen molar-refractivity contribution in [1.82, 2.24) is 0 Å². The van der Waals surface area contributed by atoms with Crippen molar-refractivity contribution >= 4 is 0 Å². The lowest BCUT2D eigenvalue weighted by molar-refractivity contribution is -0.302. The van der Waals surface area contributed by atoms with Crippen LogP contribution in [0.5, 0.6) is 11.5 Å². The topological polar surface area (TPSA) is 138 Å². The first-order valence-electron chi connectivity index (χ1n) is 7.97. The van der Waals surface area contributed by atoms with E-state index in [2.05, 4.69) is 0 Å². The molecule has 0 spiro atoms. The van der Waals surface area contributed by atoms with E-state index in [1.54, 1.807) is 18.2 Å². The lowest BCUT2D eigenvalue weighted by Crippen LogP contribution is -2.59. The summed E-state index contributed by atoms with van der Waals surface area (Å²) in [4.78, 5) is 0. The second-order valence-electron chi connectivity index (χ2n) is 6.02. The van der Waals surface area contributed by atoms with Gasteiger partial charge in [-0.15, -0.1) is 0 Å². The van der Waals surface area contributed by atoms with Crippen LogP contribution in [0.2, 0.25) is 0 Å². The van der Waals surface area contributed by atoms with E-state index in [9.17, 15) is 25.5 Å². The minimum absolute atomic E-state index is 0.0150. The molecule has 9 nitrogen and oxygen atoms in total. The minimum atomic E-state index is -1.51. The maximum absolute atomic E-state index is 9.96. The number of hydrogen-bond acceptors (Lipinski definition) is 9. The predicted octanol–water partition coefficient (Wildman–Crippen LogP) is -1.69. The highest BCUT2D eigenvalue weighted by Gasteiger charge is 2.44. The number of aliphatic hydroxyl groups is 5. The first-order valence-corrected chi connectivity index (χ1v) is 7.97. The molecule has 1 aromatic carbocycles. The molecule has 0 bridgehead atoms. The van der Waals surface area contributed by atoms with Crippen molar-refractivity contribution in [2.75, 3.05) is 26.6 Å². The van der Waals surface area contributed by atoms with Crippen LogP contribution in [0, 0.1) is 0 Å². The largest absolute Gasteiger partial charge is 0.454 e. The smallest absolute Gasteiger partial charge is 0.231 e. The third-order valence-electron chi connectivity index (χ3n) is 4.40. The number of benzene rings is 1. The van der Waals surface area contributed by atoms with Gasteiger partial charge in [0, 0.05) is 5.92 Å². The Bertz CT molecular complexity index is 579. The first kappa shape index (κ1) is 18.3. The fourth-order valence-electron chi connectivity index (χ4n) is 2.84. The van der Waals surface area contributed by atoms with Crippen molar-refractivity contribution in [1.29, 1.82) is 0 Å². The van der Waals surface area contributed by atoms with E-state index in [1.165, 1.54) is 0 Å². The third-order valence-corrected chi connectivity index (χ3v) is 4.40. The summed E-state index contributed by atoms with van der Waals surface area (Å²) in [5.74, 6) is 0.765. The fraction of sp³-hybridized carbons (Fsp3) is 0.625. The zero-order chi connectivity index (χ0) is 18.0. The van der Waals surface area contributed by atoms with E-state index >= 15 is 0 Å². The normalized spacial score (nSPS) is 32.6. The van der Waals surface area contributed by atoms with Gasteiger partial charge in [-0.05, 0) is 17.7 Å². The van der Waals surface area contributed by atoms with Gasteiger partial charge in [-0.3, -0.25) is 0 Å². The van der Waals surface area contributed by atoms with E-state index < -0.39 is 43.2 Å². The van der Waals surface area contributed by atoms with Gasteiger partial charge in [-0.1, -0.05) is 6.07 Å². The van der Waals surface area contributed by atoms with E-state index in [1.807, 2.05) is 0 Å². The molecule has 1 fully saturated rings. The Morgan fingerprint density at radius 3 is 2.52 bits per heavy atom. The van der Waals surface area contributed by atoms with Crippen molar-refractivity contribution in [3.63, 3.8) is 0 Å². The minimum Gasteiger partial charge on any atom is -0.454 e. The van der Waals surface area contributed by atoms with E-state index in [-0.39, 0.29) is 20.0 Å². The third kappa shape index (κ3) is 3.72. The SMILES string of the molecule is OCC(CO[C@H]1O[C@@H](CO)[C@H](O)[C@@H](O)[C@@H]1O)c1ccc2c(c1)OCO2. The molecular formula is C16H22O9. The van der Waals surface area contributed by atoms with Gasteiger partial charge in [0.2, 0.25) is 6.79 Å². The summed E-state index contributed by atoms with van der Waals surface area (Å²) in [6.45, 7) is -0.629. The Kier molecular flexibility index (Phi) is 5.74. The molecule has 0 aliphatic carbocycles. The number of rotatable bonds is 6. The van der Waals surface area contributed by atoms with Crippen LogP contribution in [-0.2, 0) is 9.47 Å². The Morgan fingerprint density at radius 2 is 1.80 bits per heavy atom. The summed E-state index contributed by atoms with van der Waals surface area (Å²) in [6, 6.07) is 5.24. The van der Waals surface area contributed by atoms with Crippen molar-refractivity contribution in [2.45, 2.75) is 36.6 Å². The first-order chi connectivity index (χ1) is 12.0. The van der Waals surface area contributed by atoms with E-state index in [0.717, 1.165) is 5.56 Å². The van der Waals surface area contributed by atoms with Gasteiger partial charge in [0.15, 0.2) is 17.8 Å². The quantitative estimate of drug-likeness (QED) is 0.403. The number of ether oxygens (including phenoxy) is 4. The molecule has 0 aromatic heterocycles. The van der Waals surface area contributed by atoms with Gasteiger partial charge in [-0.25, -0.2) is 0 Å². The average Bonchev–Trinajstić information content (AvgIpc) is 3.10. The zero-order valence-corrected chi connectivity index (χ0v) is 13.4. The van der Waals surface area contributed by atoms with Gasteiger partial charge >= 0.3 is 0 Å². The van der Waals surface area contributed by atoms with Crippen LogP contribution in [0.1, 0.15) is 11.5 Å². The summed E-state index contributed by atoms with van der Waals surface area (Å²) in [6.07, 6.45) is -6.70. The lowest BCUT2D eigenvalue weighted by atomic mass is 9.98. The molecule has 1 aromatic rings. The van der Waals surface area contributed by atoms with Crippen LogP contribution in [0.15, 0.2) is 18.2 Å². The molecule has 0 radical (unpaired) electrons. The molecule has 140 valence electrons. The molecule has 25 heavy (non-hydrogen) atoms. The molecule has 1 saturated heterocycles. The Morgan fingerprint density at radius 1 is 1.04 bits per heavy atom. The van der Waals surface area contributed by atoms with Crippen LogP contribution in [0.25, 0.3) is 0 Å². The summed E-state index contributed by atoms with van der Waals surface area (Å²) >= 11 is 0. The second kappa shape index (κ2) is 7.83. The summed E-state index contributed by atoms with van der Waals surface area (Å²) in [7, 11) is 0. The molecule has 6 atom stereocenters. The zero-order valence-electron chi connectivity index (χ0n) is 13.4. The Labute approximate surface area is 143 Å². The van der Waals surface area contributed by atoms with Gasteiger partial charge in [0.1, 0.15) is 24.4 Å². The monoisotopic (exact) mass is 358 g/mol. The maximum Gasteiger partial charge on any atom is 0.231 e. The van der Waals surface area contributed by atoms with Gasteiger partial charge in [-0.2, -0.15) is 0 Å². The summed E-state index contributed by atoms with van der Waals surface area (Å²) in [5.41, 5.74) is 0.747. The highest BCUT2D eigenvalue weighted by atomic mass is 16.7. The van der Waals surface area contributed by atoms with Crippen LogP contribution in [0.4, 0.5) is 0 Å². The van der Waals surface area contributed by atoms with Crippen LogP contribution in [-0.4, -0.2) is 82.9 Å². The highest BCUT2D eigenvalue weighted by molar-refractivity contribution is 5.45. The van der Waals surface area contributed by atoms with Crippen molar-refractivity contribution in [3.8, 4) is 11.5 Å². The lowest BCUT2D eigenvalue weighted by Gasteiger charge is -2.39. The van der Waals surface area contributed by atoms with Crippen LogP contribution in [0.3, 0.4) is 0 Å². The van der Waals surface area contributed by atoms with Crippen LogP contribution >= 0.6 is 0 Å². The average molecular weight is 358 g/mol. The molecular weight excluding hydrogens is 336 g/mol. The fourth-order valence-corrected chi connectivity index (χ4v) is 2.84. The highest BCUT2D eigenvalue weighted by Crippen LogP contribution is 2.35. The molecule has 2 aliphatic heterocycles. The Balaban J connectivity index is 1.64. The Hall–Kier alpha value is -1.46. The summed E-state index contributed by atoms with van der Waals surface area (Å²) < 4.78 is 21.3. The maximum atomic E-state index is 9.96. The second-order valence-corrected chi connectivity index (χ2v) is 6.02. The van der Waals surface area contributed by atoms with Crippen molar-refractivity contribution < 1.29 is 44.5 Å². The van der Waals surface area contributed by atoms with Crippen molar-refractivity contribution in [3.05, 3.63) is 23.8 Å². The predicted molar refractivity (Wildman–Crippen MR) is 82.1 cm³/mol. The molecule has 9 heteroatoms. The summed E-state index contributed by atoms with van der Waals surface area (Å²) in [5, 5.41) is 48.3. The van der Waals surface area contributed by atoms with E-state index in [0.29, 0.717) is 11.5 Å². The molecule has 5 N–H and O–H groups in total. The molecule has 2 heterocycles. The standard InChI is InChI=1S/C16H22O9/c17-4-9(8-1-2-10-11(3-8)24-7-23-10)6-22-16-15(21)14(20)13(19)12(5-18)25-16/h1-3,9,12-21H,4-7H2/t9?,12-,13-,14+,15-,16-/m0/s1. The van der Waals surface area contributed by atoms with Crippen LogP contribution < -0.4 is 9.47 Å². The van der Waals surface area contributed by atoms with Gasteiger partial charge in [0.05, 0.1) is 19.8 Å². The number of aliphatic hydroxyl groups excluding tert-OH is 5. The molecule has 2 aliphatic rings. The number of fused-ring (bicyclic) bond motifs is 1. The molecule has 3 rings (SSSR count). The van der Waals surface area contributed by atoms with E-state index in [4.69, 9.17) is 18.9 Å². The molecule has 0 saturated carbocycles. The van der Waals surface area contributed by atoms with Gasteiger partial charge in [0.25, 0.3) is 0 Å². The number of hydrogen-bond donors (Lipinski definition) is 5. The molecule has 1 unspecified atom stereocenters.